The van der Waals surface area contributed by atoms with Crippen molar-refractivity contribution in [3.8, 4) is 0 Å². The Morgan fingerprint density at radius 3 is 2.67 bits per heavy atom. The fourth-order valence-corrected chi connectivity index (χ4v) is 3.08. The number of piperazine rings is 1. The van der Waals surface area contributed by atoms with E-state index in [4.69, 9.17) is 4.74 Å². The standard InChI is InChI=1S/C18H30N2O/c1-3-21-15-14-20-13-12-19(16-17(20)2)11-7-10-18-8-5-4-6-9-18/h4-6,8-9,17H,3,7,10-16H2,1-2H3. The van der Waals surface area contributed by atoms with Crippen molar-refractivity contribution in [2.24, 2.45) is 0 Å². The maximum atomic E-state index is 5.47. The maximum absolute atomic E-state index is 5.47. The van der Waals surface area contributed by atoms with Crippen LogP contribution in [0.15, 0.2) is 30.3 Å². The van der Waals surface area contributed by atoms with E-state index in [1.165, 1.54) is 44.6 Å². The van der Waals surface area contributed by atoms with Gasteiger partial charge in [0.15, 0.2) is 0 Å². The summed E-state index contributed by atoms with van der Waals surface area (Å²) in [6.07, 6.45) is 2.45. The number of rotatable bonds is 8. The number of benzene rings is 1. The lowest BCUT2D eigenvalue weighted by Gasteiger charge is -2.39. The van der Waals surface area contributed by atoms with E-state index < -0.39 is 0 Å². The van der Waals surface area contributed by atoms with Crippen LogP contribution in [0, 0.1) is 0 Å². The molecule has 21 heavy (non-hydrogen) atoms. The molecule has 0 saturated carbocycles. The van der Waals surface area contributed by atoms with Crippen molar-refractivity contribution in [2.45, 2.75) is 32.7 Å². The van der Waals surface area contributed by atoms with Crippen LogP contribution in [0.4, 0.5) is 0 Å². The molecule has 118 valence electrons. The molecule has 0 N–H and O–H groups in total. The molecule has 1 aromatic carbocycles. The lowest BCUT2D eigenvalue weighted by atomic mass is 10.1. The topological polar surface area (TPSA) is 15.7 Å². The molecule has 0 aromatic heterocycles. The Kier molecular flexibility index (Phi) is 7.20. The molecule has 1 aliphatic heterocycles. The number of hydrogen-bond donors (Lipinski definition) is 0. The minimum Gasteiger partial charge on any atom is -0.380 e. The SMILES string of the molecule is CCOCCN1CCN(CCCc2ccccc2)CC1C. The fraction of sp³-hybridized carbons (Fsp3) is 0.667. The van der Waals surface area contributed by atoms with Crippen LogP contribution in [-0.4, -0.2) is 61.8 Å². The third-order valence-electron chi connectivity index (χ3n) is 4.36. The summed E-state index contributed by atoms with van der Waals surface area (Å²) in [6.45, 7) is 12.0. The highest BCUT2D eigenvalue weighted by Crippen LogP contribution is 2.11. The van der Waals surface area contributed by atoms with Crippen molar-refractivity contribution >= 4 is 0 Å². The maximum Gasteiger partial charge on any atom is 0.0593 e. The molecule has 1 aromatic rings. The van der Waals surface area contributed by atoms with E-state index in [1.54, 1.807) is 0 Å². The summed E-state index contributed by atoms with van der Waals surface area (Å²) in [6, 6.07) is 11.5. The van der Waals surface area contributed by atoms with Gasteiger partial charge < -0.3 is 9.64 Å². The molecule has 0 aliphatic carbocycles. The van der Waals surface area contributed by atoms with E-state index >= 15 is 0 Å². The number of aryl methyl sites for hydroxylation is 1. The summed E-state index contributed by atoms with van der Waals surface area (Å²) < 4.78 is 5.47. The third-order valence-corrected chi connectivity index (χ3v) is 4.36. The second kappa shape index (κ2) is 9.19. The zero-order chi connectivity index (χ0) is 14.9. The molecular weight excluding hydrogens is 260 g/mol. The molecule has 1 fully saturated rings. The normalized spacial score (nSPS) is 20.8. The Hall–Kier alpha value is -0.900. The van der Waals surface area contributed by atoms with Crippen molar-refractivity contribution in [1.82, 2.24) is 9.80 Å². The van der Waals surface area contributed by atoms with Gasteiger partial charge in [-0.2, -0.15) is 0 Å². The van der Waals surface area contributed by atoms with Gasteiger partial charge in [0.1, 0.15) is 0 Å². The van der Waals surface area contributed by atoms with E-state index in [-0.39, 0.29) is 0 Å². The van der Waals surface area contributed by atoms with Gasteiger partial charge in [0, 0.05) is 38.8 Å². The molecule has 1 unspecified atom stereocenters. The Morgan fingerprint density at radius 2 is 1.95 bits per heavy atom. The Balaban J connectivity index is 1.63. The van der Waals surface area contributed by atoms with Gasteiger partial charge in [0.25, 0.3) is 0 Å². The van der Waals surface area contributed by atoms with Crippen LogP contribution in [0.25, 0.3) is 0 Å². The van der Waals surface area contributed by atoms with Crippen LogP contribution in [0.1, 0.15) is 25.8 Å². The monoisotopic (exact) mass is 290 g/mol. The molecule has 1 aliphatic rings. The smallest absolute Gasteiger partial charge is 0.0593 e. The average Bonchev–Trinajstić information content (AvgIpc) is 2.51. The summed E-state index contributed by atoms with van der Waals surface area (Å²) in [4.78, 5) is 5.17. The predicted octanol–water partition coefficient (Wildman–Crippen LogP) is 2.66. The molecule has 1 heterocycles. The Morgan fingerprint density at radius 1 is 1.14 bits per heavy atom. The van der Waals surface area contributed by atoms with E-state index in [0.29, 0.717) is 6.04 Å². The van der Waals surface area contributed by atoms with Gasteiger partial charge in [0.2, 0.25) is 0 Å². The highest BCUT2D eigenvalue weighted by atomic mass is 16.5. The average molecular weight is 290 g/mol. The lowest BCUT2D eigenvalue weighted by molar-refractivity contribution is 0.0491. The lowest BCUT2D eigenvalue weighted by Crippen LogP contribution is -2.52. The quantitative estimate of drug-likeness (QED) is 0.685. The van der Waals surface area contributed by atoms with Crippen molar-refractivity contribution < 1.29 is 4.74 Å². The summed E-state index contributed by atoms with van der Waals surface area (Å²) in [5.74, 6) is 0. The first-order chi connectivity index (χ1) is 10.3. The van der Waals surface area contributed by atoms with Gasteiger partial charge in [-0.15, -0.1) is 0 Å². The molecule has 0 amide bonds. The Bertz CT molecular complexity index is 382. The molecular formula is C18H30N2O. The van der Waals surface area contributed by atoms with Crippen LogP contribution < -0.4 is 0 Å². The number of ether oxygens (including phenoxy) is 1. The van der Waals surface area contributed by atoms with Crippen LogP contribution in [0.5, 0.6) is 0 Å². The minimum atomic E-state index is 0.649. The van der Waals surface area contributed by atoms with E-state index in [2.05, 4.69) is 54.0 Å². The van der Waals surface area contributed by atoms with Crippen LogP contribution in [0.2, 0.25) is 0 Å². The molecule has 0 spiro atoms. The fourth-order valence-electron chi connectivity index (χ4n) is 3.08. The van der Waals surface area contributed by atoms with Crippen LogP contribution in [-0.2, 0) is 11.2 Å². The van der Waals surface area contributed by atoms with Gasteiger partial charge in [-0.3, -0.25) is 4.90 Å². The molecule has 3 nitrogen and oxygen atoms in total. The van der Waals surface area contributed by atoms with Crippen LogP contribution >= 0.6 is 0 Å². The first-order valence-electron chi connectivity index (χ1n) is 8.37. The first kappa shape index (κ1) is 16.5. The van der Waals surface area contributed by atoms with Gasteiger partial charge in [0.05, 0.1) is 6.61 Å². The van der Waals surface area contributed by atoms with Gasteiger partial charge in [-0.25, -0.2) is 0 Å². The molecule has 0 bridgehead atoms. The molecule has 0 radical (unpaired) electrons. The number of hydrogen-bond acceptors (Lipinski definition) is 3. The zero-order valence-electron chi connectivity index (χ0n) is 13.6. The second-order valence-corrected chi connectivity index (χ2v) is 5.97. The van der Waals surface area contributed by atoms with E-state index in [0.717, 1.165) is 19.8 Å². The molecule has 1 saturated heterocycles. The van der Waals surface area contributed by atoms with Gasteiger partial charge >= 0.3 is 0 Å². The largest absolute Gasteiger partial charge is 0.380 e. The summed E-state index contributed by atoms with van der Waals surface area (Å²) in [7, 11) is 0. The van der Waals surface area contributed by atoms with Crippen molar-refractivity contribution in [3.63, 3.8) is 0 Å². The zero-order valence-corrected chi connectivity index (χ0v) is 13.6. The molecule has 1 atom stereocenters. The van der Waals surface area contributed by atoms with E-state index in [9.17, 15) is 0 Å². The predicted molar refractivity (Wildman–Crippen MR) is 88.7 cm³/mol. The summed E-state index contributed by atoms with van der Waals surface area (Å²) >= 11 is 0. The first-order valence-corrected chi connectivity index (χ1v) is 8.37. The highest BCUT2D eigenvalue weighted by molar-refractivity contribution is 5.14. The van der Waals surface area contributed by atoms with Crippen molar-refractivity contribution in [2.75, 3.05) is 45.9 Å². The summed E-state index contributed by atoms with van der Waals surface area (Å²) in [5.41, 5.74) is 1.46. The summed E-state index contributed by atoms with van der Waals surface area (Å²) in [5, 5.41) is 0. The van der Waals surface area contributed by atoms with Crippen LogP contribution in [0.3, 0.4) is 0 Å². The third kappa shape index (κ3) is 5.77. The van der Waals surface area contributed by atoms with Crippen molar-refractivity contribution in [3.05, 3.63) is 35.9 Å². The van der Waals surface area contributed by atoms with Crippen molar-refractivity contribution in [1.29, 1.82) is 0 Å². The Labute approximate surface area is 129 Å². The molecule has 3 heteroatoms. The van der Waals surface area contributed by atoms with E-state index in [1.807, 2.05) is 0 Å². The number of nitrogens with zero attached hydrogens (tertiary/aromatic N) is 2. The minimum absolute atomic E-state index is 0.649. The second-order valence-electron chi connectivity index (χ2n) is 5.97. The van der Waals surface area contributed by atoms with Gasteiger partial charge in [-0.1, -0.05) is 30.3 Å². The van der Waals surface area contributed by atoms with Gasteiger partial charge in [-0.05, 0) is 38.8 Å². The molecule has 2 rings (SSSR count). The highest BCUT2D eigenvalue weighted by Gasteiger charge is 2.22.